The second-order valence-corrected chi connectivity index (χ2v) is 8.77. The zero-order valence-electron chi connectivity index (χ0n) is 16.4. The highest BCUT2D eigenvalue weighted by Gasteiger charge is 2.29. The number of aryl methyl sites for hydroxylation is 1. The molecule has 142 valence electrons. The van der Waals surface area contributed by atoms with E-state index in [0.717, 1.165) is 20.5 Å². The number of carbonyl (C=O) groups is 2. The van der Waals surface area contributed by atoms with Gasteiger partial charge in [-0.2, -0.15) is 0 Å². The molecule has 0 amide bonds. The van der Waals surface area contributed by atoms with Gasteiger partial charge in [0.05, 0.1) is 28.0 Å². The molecule has 5 nitrogen and oxygen atoms in total. The van der Waals surface area contributed by atoms with E-state index in [-0.39, 0.29) is 18.0 Å². The lowest BCUT2D eigenvalue weighted by Crippen LogP contribution is -2.25. The van der Waals surface area contributed by atoms with Crippen LogP contribution in [0.25, 0.3) is 20.3 Å². The number of ketones is 1. The molecule has 27 heavy (non-hydrogen) atoms. The van der Waals surface area contributed by atoms with E-state index in [1.807, 2.05) is 33.8 Å². The number of benzene rings is 1. The van der Waals surface area contributed by atoms with Crippen LogP contribution >= 0.6 is 11.3 Å². The van der Waals surface area contributed by atoms with Gasteiger partial charge < -0.3 is 9.72 Å². The third-order valence-electron chi connectivity index (χ3n) is 4.48. The molecule has 0 radical (unpaired) electrons. The van der Waals surface area contributed by atoms with Gasteiger partial charge in [-0.25, -0.2) is 4.79 Å². The fraction of sp³-hybridized carbons (Fsp3) is 0.381. The van der Waals surface area contributed by atoms with Crippen molar-refractivity contribution in [2.24, 2.45) is 0 Å². The number of thiophene rings is 1. The van der Waals surface area contributed by atoms with Crippen LogP contribution in [0.4, 0.5) is 0 Å². The Morgan fingerprint density at radius 1 is 1.22 bits per heavy atom. The molecule has 1 N–H and O–H groups in total. The number of ether oxygens (including phenoxy) is 1. The van der Waals surface area contributed by atoms with Crippen molar-refractivity contribution >= 4 is 43.4 Å². The molecule has 1 aromatic carbocycles. The van der Waals surface area contributed by atoms with E-state index in [0.29, 0.717) is 16.5 Å². The molecule has 2 heterocycles. The Bertz CT molecular complexity index is 1150. The zero-order valence-corrected chi connectivity index (χ0v) is 17.2. The van der Waals surface area contributed by atoms with Gasteiger partial charge in [0.15, 0.2) is 5.78 Å². The van der Waals surface area contributed by atoms with Gasteiger partial charge in [-0.3, -0.25) is 9.59 Å². The largest absolute Gasteiger partial charge is 0.462 e. The van der Waals surface area contributed by atoms with Crippen LogP contribution in [0.1, 0.15) is 66.5 Å². The summed E-state index contributed by atoms with van der Waals surface area (Å²) in [7, 11) is 0. The lowest BCUT2D eigenvalue weighted by atomic mass is 9.83. The fourth-order valence-electron chi connectivity index (χ4n) is 3.49. The molecule has 0 saturated heterocycles. The first-order chi connectivity index (χ1) is 12.6. The lowest BCUT2D eigenvalue weighted by Gasteiger charge is -2.22. The summed E-state index contributed by atoms with van der Waals surface area (Å²) in [5.74, 6) is -0.679. The molecule has 0 bridgehead atoms. The summed E-state index contributed by atoms with van der Waals surface area (Å²) in [5.41, 5.74) is 2.05. The van der Waals surface area contributed by atoms with E-state index in [1.54, 1.807) is 13.0 Å². The average molecular weight is 385 g/mol. The highest BCUT2D eigenvalue weighted by Crippen LogP contribution is 2.41. The van der Waals surface area contributed by atoms with Crippen LogP contribution in [0.3, 0.4) is 0 Å². The Morgan fingerprint density at radius 2 is 1.89 bits per heavy atom. The number of hydrogen-bond donors (Lipinski definition) is 1. The molecule has 0 spiro atoms. The predicted molar refractivity (Wildman–Crippen MR) is 109 cm³/mol. The van der Waals surface area contributed by atoms with Crippen molar-refractivity contribution in [2.75, 3.05) is 6.61 Å². The number of hydrogen-bond acceptors (Lipinski definition) is 5. The molecule has 0 atom stereocenters. The van der Waals surface area contributed by atoms with Gasteiger partial charge in [0, 0.05) is 10.1 Å². The van der Waals surface area contributed by atoms with Gasteiger partial charge in [0.1, 0.15) is 0 Å². The monoisotopic (exact) mass is 385 g/mol. The van der Waals surface area contributed by atoms with E-state index < -0.39 is 16.9 Å². The van der Waals surface area contributed by atoms with Gasteiger partial charge in [-0.05, 0) is 49.4 Å². The highest BCUT2D eigenvalue weighted by atomic mass is 32.1. The average Bonchev–Trinajstić information content (AvgIpc) is 2.89. The quantitative estimate of drug-likeness (QED) is 0.522. The number of fused-ring (bicyclic) bond motifs is 3. The first-order valence-electron chi connectivity index (χ1n) is 8.88. The fourth-order valence-corrected chi connectivity index (χ4v) is 5.03. The summed E-state index contributed by atoms with van der Waals surface area (Å²) in [6, 6.07) is 3.77. The minimum Gasteiger partial charge on any atom is -0.462 e. The van der Waals surface area contributed by atoms with Crippen LogP contribution in [-0.2, 0) is 10.2 Å². The first-order valence-corrected chi connectivity index (χ1v) is 9.69. The van der Waals surface area contributed by atoms with E-state index in [1.165, 1.54) is 18.3 Å². The number of rotatable bonds is 3. The number of pyridine rings is 1. The summed E-state index contributed by atoms with van der Waals surface area (Å²) in [6.45, 7) is 11.3. The maximum absolute atomic E-state index is 12.8. The van der Waals surface area contributed by atoms with Crippen LogP contribution in [-0.4, -0.2) is 23.3 Å². The van der Waals surface area contributed by atoms with Crippen molar-refractivity contribution in [1.29, 1.82) is 0 Å². The van der Waals surface area contributed by atoms with Crippen molar-refractivity contribution in [3.05, 3.63) is 44.7 Å². The minimum atomic E-state index is -0.421. The van der Waals surface area contributed by atoms with Crippen LogP contribution in [0.15, 0.2) is 16.9 Å². The van der Waals surface area contributed by atoms with E-state index in [2.05, 4.69) is 4.98 Å². The van der Waals surface area contributed by atoms with Gasteiger partial charge in [0.25, 0.3) is 5.56 Å². The molecule has 3 aromatic rings. The molecular formula is C21H23NO4S. The minimum absolute atomic E-state index is 0.191. The summed E-state index contributed by atoms with van der Waals surface area (Å²) in [4.78, 5) is 40.4. The predicted octanol–water partition coefficient (Wildman–Crippen LogP) is 4.73. The molecule has 0 unspecified atom stereocenters. The number of nitrogens with one attached hydrogen (secondary N) is 1. The maximum atomic E-state index is 12.8. The van der Waals surface area contributed by atoms with E-state index in [4.69, 9.17) is 4.74 Å². The van der Waals surface area contributed by atoms with E-state index >= 15 is 0 Å². The summed E-state index contributed by atoms with van der Waals surface area (Å²) in [6.07, 6.45) is 0. The van der Waals surface area contributed by atoms with Gasteiger partial charge in [-0.15, -0.1) is 11.3 Å². The molecule has 0 fully saturated rings. The number of H-pyrrole nitrogens is 1. The molecule has 3 rings (SSSR count). The topological polar surface area (TPSA) is 76.2 Å². The number of carbonyl (C=O) groups excluding carboxylic acids is 2. The lowest BCUT2D eigenvalue weighted by molar-refractivity contribution is 0.0528. The van der Waals surface area contributed by atoms with Crippen molar-refractivity contribution in [3.63, 3.8) is 0 Å². The van der Waals surface area contributed by atoms with Crippen molar-refractivity contribution in [2.45, 2.75) is 47.0 Å². The molecule has 2 aromatic heterocycles. The number of aromatic amines is 1. The molecule has 0 aliphatic rings. The molecule has 6 heteroatoms. The summed E-state index contributed by atoms with van der Waals surface area (Å²) < 4.78 is 6.93. The summed E-state index contributed by atoms with van der Waals surface area (Å²) in [5, 5.41) is 0.678. The summed E-state index contributed by atoms with van der Waals surface area (Å²) >= 11 is 1.49. The third kappa shape index (κ3) is 3.18. The Kier molecular flexibility index (Phi) is 4.72. The Hall–Kier alpha value is -2.47. The third-order valence-corrected chi connectivity index (χ3v) is 5.63. The van der Waals surface area contributed by atoms with Crippen molar-refractivity contribution in [1.82, 2.24) is 4.98 Å². The number of esters is 1. The van der Waals surface area contributed by atoms with Crippen LogP contribution < -0.4 is 5.56 Å². The van der Waals surface area contributed by atoms with E-state index in [9.17, 15) is 14.4 Å². The van der Waals surface area contributed by atoms with Crippen LogP contribution in [0.2, 0.25) is 0 Å². The zero-order chi connectivity index (χ0) is 20.1. The second-order valence-electron chi connectivity index (χ2n) is 7.72. The molecule has 0 saturated carbocycles. The van der Waals surface area contributed by atoms with Crippen LogP contribution in [0, 0.1) is 6.92 Å². The smallest absolute Gasteiger partial charge is 0.338 e. The first kappa shape index (κ1) is 19.3. The maximum Gasteiger partial charge on any atom is 0.338 e. The number of aromatic nitrogens is 1. The Morgan fingerprint density at radius 3 is 2.44 bits per heavy atom. The standard InChI is InChI=1S/C21H23NO4S/c1-7-26-20(25)12-8-10(2)9-13-15(12)17-18(27-13)16(21(4,5)6)14(11(3)23)19(24)22-17/h8-9H,7H2,1-6H3,(H,22,24). The molecule has 0 aliphatic carbocycles. The number of Topliss-reactive ketones (excluding diaryl/α,β-unsaturated/α-hetero) is 1. The normalized spacial score (nSPS) is 11.9. The molecular weight excluding hydrogens is 362 g/mol. The van der Waals surface area contributed by atoms with Gasteiger partial charge in [-0.1, -0.05) is 20.8 Å². The van der Waals surface area contributed by atoms with Crippen molar-refractivity contribution < 1.29 is 14.3 Å². The van der Waals surface area contributed by atoms with Gasteiger partial charge >= 0.3 is 5.97 Å². The molecule has 0 aliphatic heterocycles. The van der Waals surface area contributed by atoms with Gasteiger partial charge in [0.2, 0.25) is 0 Å². The van der Waals surface area contributed by atoms with Crippen molar-refractivity contribution in [3.8, 4) is 0 Å². The highest BCUT2D eigenvalue weighted by molar-refractivity contribution is 7.26. The Balaban J connectivity index is 2.57. The second kappa shape index (κ2) is 6.60. The SMILES string of the molecule is CCOC(=O)c1cc(C)cc2sc3c(C(C)(C)C)c(C(C)=O)c(=O)[nH]c3c12. The van der Waals surface area contributed by atoms with Crippen LogP contribution in [0.5, 0.6) is 0 Å². The Labute approximate surface area is 161 Å².